The second-order valence-electron chi connectivity index (χ2n) is 4.79. The Morgan fingerprint density at radius 1 is 1.47 bits per heavy atom. The molecule has 2 aromatic rings. The van der Waals surface area contributed by atoms with E-state index in [-0.39, 0.29) is 0 Å². The van der Waals surface area contributed by atoms with Crippen LogP contribution >= 0.6 is 11.3 Å². The van der Waals surface area contributed by atoms with E-state index in [1.165, 1.54) is 30.0 Å². The summed E-state index contributed by atoms with van der Waals surface area (Å²) in [7, 11) is 2.05. The molecule has 0 saturated heterocycles. The van der Waals surface area contributed by atoms with Gasteiger partial charge in [0.2, 0.25) is 0 Å². The molecule has 0 spiro atoms. The van der Waals surface area contributed by atoms with Gasteiger partial charge >= 0.3 is 0 Å². The van der Waals surface area contributed by atoms with Crippen LogP contribution in [-0.4, -0.2) is 22.6 Å². The van der Waals surface area contributed by atoms with E-state index < -0.39 is 0 Å². The summed E-state index contributed by atoms with van der Waals surface area (Å²) in [5, 5.41) is 5.58. The highest BCUT2D eigenvalue weighted by Crippen LogP contribution is 2.14. The summed E-state index contributed by atoms with van der Waals surface area (Å²) < 4.78 is 2.23. The number of aromatic nitrogens is 2. The van der Waals surface area contributed by atoms with Gasteiger partial charge in [-0.1, -0.05) is 6.07 Å². The molecule has 1 unspecified atom stereocenters. The van der Waals surface area contributed by atoms with Crippen molar-refractivity contribution >= 4 is 11.3 Å². The zero-order valence-electron chi connectivity index (χ0n) is 11.8. The van der Waals surface area contributed by atoms with Crippen LogP contribution in [0, 0.1) is 0 Å². The molecule has 2 rings (SSSR count). The zero-order chi connectivity index (χ0) is 13.5. The number of rotatable bonds is 8. The molecular formula is C15H23N3S. The van der Waals surface area contributed by atoms with Crippen molar-refractivity contribution in [1.29, 1.82) is 0 Å². The highest BCUT2D eigenvalue weighted by molar-refractivity contribution is 7.09. The first-order valence-electron chi connectivity index (χ1n) is 7.03. The molecule has 1 N–H and O–H groups in total. The average molecular weight is 277 g/mol. The van der Waals surface area contributed by atoms with Crippen LogP contribution in [0.1, 0.15) is 30.5 Å². The van der Waals surface area contributed by atoms with Crippen molar-refractivity contribution in [3.63, 3.8) is 0 Å². The lowest BCUT2D eigenvalue weighted by Crippen LogP contribution is -2.29. The first-order valence-corrected chi connectivity index (χ1v) is 7.91. The van der Waals surface area contributed by atoms with Crippen LogP contribution in [0.3, 0.4) is 0 Å². The molecule has 104 valence electrons. The van der Waals surface area contributed by atoms with Gasteiger partial charge in [-0.3, -0.25) is 0 Å². The molecule has 0 saturated carbocycles. The standard InChI is InChI=1S/C15H23N3S/c1-3-18-10-9-17-15(18)12-13(16-2)6-4-7-14-8-5-11-19-14/h5,8-11,13,16H,3-4,6-7,12H2,1-2H3. The van der Waals surface area contributed by atoms with E-state index in [1.807, 2.05) is 17.5 Å². The fourth-order valence-electron chi connectivity index (χ4n) is 2.36. The van der Waals surface area contributed by atoms with E-state index >= 15 is 0 Å². The average Bonchev–Trinajstić information content (AvgIpc) is 3.08. The Labute approximate surface area is 119 Å². The molecule has 0 aliphatic rings. The van der Waals surface area contributed by atoms with Gasteiger partial charge < -0.3 is 9.88 Å². The molecule has 2 aromatic heterocycles. The Morgan fingerprint density at radius 2 is 2.37 bits per heavy atom. The molecule has 0 radical (unpaired) electrons. The van der Waals surface area contributed by atoms with Gasteiger partial charge in [0.1, 0.15) is 5.82 Å². The van der Waals surface area contributed by atoms with Gasteiger partial charge in [0.15, 0.2) is 0 Å². The third kappa shape index (κ3) is 4.18. The van der Waals surface area contributed by atoms with Crippen LogP contribution in [0.2, 0.25) is 0 Å². The lowest BCUT2D eigenvalue weighted by atomic mass is 10.1. The van der Waals surface area contributed by atoms with Crippen LogP contribution in [0.15, 0.2) is 29.9 Å². The third-order valence-corrected chi connectivity index (χ3v) is 4.47. The van der Waals surface area contributed by atoms with E-state index in [4.69, 9.17) is 0 Å². The number of aryl methyl sites for hydroxylation is 2. The summed E-state index contributed by atoms with van der Waals surface area (Å²) in [4.78, 5) is 5.95. The second kappa shape index (κ2) is 7.46. The van der Waals surface area contributed by atoms with E-state index in [0.717, 1.165) is 13.0 Å². The van der Waals surface area contributed by atoms with Gasteiger partial charge in [-0.15, -0.1) is 11.3 Å². The molecule has 0 aliphatic carbocycles. The Hall–Kier alpha value is -1.13. The fourth-order valence-corrected chi connectivity index (χ4v) is 3.12. The highest BCUT2D eigenvalue weighted by atomic mass is 32.1. The molecule has 1 atom stereocenters. The van der Waals surface area contributed by atoms with Gasteiger partial charge in [0.05, 0.1) is 0 Å². The number of thiophene rings is 1. The summed E-state index contributed by atoms with van der Waals surface area (Å²) in [6.45, 7) is 3.16. The Bertz CT molecular complexity index is 461. The van der Waals surface area contributed by atoms with E-state index in [0.29, 0.717) is 6.04 Å². The molecular weight excluding hydrogens is 254 g/mol. The van der Waals surface area contributed by atoms with E-state index in [1.54, 1.807) is 0 Å². The number of hydrogen-bond donors (Lipinski definition) is 1. The SMILES string of the molecule is CCn1ccnc1CC(CCCc1cccs1)NC. The van der Waals surface area contributed by atoms with Gasteiger partial charge in [0, 0.05) is 36.3 Å². The number of imidazole rings is 1. The van der Waals surface area contributed by atoms with Crippen molar-refractivity contribution in [2.75, 3.05) is 7.05 Å². The first-order chi connectivity index (χ1) is 9.33. The maximum Gasteiger partial charge on any atom is 0.110 e. The van der Waals surface area contributed by atoms with Crippen molar-refractivity contribution in [3.05, 3.63) is 40.6 Å². The smallest absolute Gasteiger partial charge is 0.110 e. The van der Waals surface area contributed by atoms with E-state index in [9.17, 15) is 0 Å². The van der Waals surface area contributed by atoms with Crippen LogP contribution in [0.25, 0.3) is 0 Å². The maximum atomic E-state index is 4.46. The van der Waals surface area contributed by atoms with Gasteiger partial charge in [-0.05, 0) is 44.7 Å². The Balaban J connectivity index is 1.80. The van der Waals surface area contributed by atoms with E-state index in [2.05, 4.69) is 52.5 Å². The molecule has 19 heavy (non-hydrogen) atoms. The lowest BCUT2D eigenvalue weighted by molar-refractivity contribution is 0.483. The number of likely N-dealkylation sites (N-methyl/N-ethyl adjacent to an activating group) is 1. The summed E-state index contributed by atoms with van der Waals surface area (Å²) in [6, 6.07) is 4.88. The number of hydrogen-bond acceptors (Lipinski definition) is 3. The first kappa shape index (κ1) is 14.3. The summed E-state index contributed by atoms with van der Waals surface area (Å²) in [6.07, 6.45) is 8.61. The van der Waals surface area contributed by atoms with Gasteiger partial charge in [-0.25, -0.2) is 4.98 Å². The summed E-state index contributed by atoms with van der Waals surface area (Å²) in [5.41, 5.74) is 0. The predicted octanol–water partition coefficient (Wildman–Crippen LogP) is 3.12. The Morgan fingerprint density at radius 3 is 3.05 bits per heavy atom. The molecule has 0 aliphatic heterocycles. The van der Waals surface area contributed by atoms with Crippen LogP contribution < -0.4 is 5.32 Å². The predicted molar refractivity (Wildman–Crippen MR) is 81.7 cm³/mol. The fraction of sp³-hybridized carbons (Fsp3) is 0.533. The van der Waals surface area contributed by atoms with Crippen molar-refractivity contribution in [3.8, 4) is 0 Å². The van der Waals surface area contributed by atoms with Crippen molar-refractivity contribution < 1.29 is 0 Å². The number of nitrogens with zero attached hydrogens (tertiary/aromatic N) is 2. The molecule has 4 heteroatoms. The highest BCUT2D eigenvalue weighted by Gasteiger charge is 2.11. The lowest BCUT2D eigenvalue weighted by Gasteiger charge is -2.16. The zero-order valence-corrected chi connectivity index (χ0v) is 12.6. The maximum absolute atomic E-state index is 4.46. The minimum absolute atomic E-state index is 0.521. The normalized spacial score (nSPS) is 12.7. The van der Waals surface area contributed by atoms with Crippen LogP contribution in [-0.2, 0) is 19.4 Å². The number of nitrogens with one attached hydrogen (secondary N) is 1. The topological polar surface area (TPSA) is 29.9 Å². The summed E-state index contributed by atoms with van der Waals surface area (Å²) in [5.74, 6) is 1.19. The van der Waals surface area contributed by atoms with Crippen molar-refractivity contribution in [2.24, 2.45) is 0 Å². The second-order valence-corrected chi connectivity index (χ2v) is 5.82. The molecule has 2 heterocycles. The van der Waals surface area contributed by atoms with Gasteiger partial charge in [0.25, 0.3) is 0 Å². The summed E-state index contributed by atoms with van der Waals surface area (Å²) >= 11 is 1.86. The quantitative estimate of drug-likeness (QED) is 0.803. The van der Waals surface area contributed by atoms with Crippen LogP contribution in [0.5, 0.6) is 0 Å². The molecule has 0 amide bonds. The van der Waals surface area contributed by atoms with Crippen molar-refractivity contribution in [2.45, 2.75) is 45.2 Å². The van der Waals surface area contributed by atoms with Crippen molar-refractivity contribution in [1.82, 2.24) is 14.9 Å². The van der Waals surface area contributed by atoms with Gasteiger partial charge in [-0.2, -0.15) is 0 Å². The molecule has 3 nitrogen and oxygen atoms in total. The monoisotopic (exact) mass is 277 g/mol. The molecule has 0 aromatic carbocycles. The Kier molecular flexibility index (Phi) is 5.61. The minimum atomic E-state index is 0.521. The largest absolute Gasteiger partial charge is 0.335 e. The third-order valence-electron chi connectivity index (χ3n) is 3.54. The minimum Gasteiger partial charge on any atom is -0.335 e. The molecule has 0 fully saturated rings. The molecule has 0 bridgehead atoms. The van der Waals surface area contributed by atoms with Crippen LogP contribution in [0.4, 0.5) is 0 Å².